The van der Waals surface area contributed by atoms with Gasteiger partial charge < -0.3 is 0 Å². The van der Waals surface area contributed by atoms with E-state index in [1.54, 1.807) is 11.3 Å². The summed E-state index contributed by atoms with van der Waals surface area (Å²) in [6.07, 6.45) is 0.474. The molecule has 0 saturated carbocycles. The molecule has 0 unspecified atom stereocenters. The molecule has 0 aliphatic carbocycles. The minimum absolute atomic E-state index is 0.167. The summed E-state index contributed by atoms with van der Waals surface area (Å²) in [7, 11) is 0. The van der Waals surface area contributed by atoms with Crippen LogP contribution in [0.3, 0.4) is 0 Å². The fourth-order valence-electron chi connectivity index (χ4n) is 1.16. The van der Waals surface area contributed by atoms with E-state index in [4.69, 9.17) is 0 Å². The summed E-state index contributed by atoms with van der Waals surface area (Å²) in [5, 5.41) is 3.87. The van der Waals surface area contributed by atoms with Crippen LogP contribution in [0.15, 0.2) is 31.2 Å². The van der Waals surface area contributed by atoms with Crippen molar-refractivity contribution < 1.29 is 4.79 Å². The first-order chi connectivity index (χ1) is 7.16. The lowest BCUT2D eigenvalue weighted by Gasteiger charge is -1.96. The molecular formula is C10H6Br2OS2. The molecule has 15 heavy (non-hydrogen) atoms. The Balaban J connectivity index is 2.14. The van der Waals surface area contributed by atoms with Gasteiger partial charge >= 0.3 is 0 Å². The number of thiophene rings is 2. The summed E-state index contributed by atoms with van der Waals surface area (Å²) in [6, 6.07) is 3.84. The van der Waals surface area contributed by atoms with Gasteiger partial charge in [0.05, 0.1) is 3.79 Å². The molecule has 78 valence electrons. The number of carbonyl (C=O) groups excluding carboxylic acids is 1. The number of hydrogen-bond donors (Lipinski definition) is 0. The molecule has 0 aromatic carbocycles. The molecule has 0 radical (unpaired) electrons. The van der Waals surface area contributed by atoms with Gasteiger partial charge in [0.15, 0.2) is 5.78 Å². The Morgan fingerprint density at radius 1 is 1.33 bits per heavy atom. The van der Waals surface area contributed by atoms with E-state index in [0.717, 1.165) is 18.7 Å². The Labute approximate surface area is 112 Å². The Kier molecular flexibility index (Phi) is 3.77. The van der Waals surface area contributed by atoms with E-state index in [0.29, 0.717) is 6.42 Å². The van der Waals surface area contributed by atoms with Gasteiger partial charge in [0.1, 0.15) is 0 Å². The molecule has 5 heteroatoms. The Morgan fingerprint density at radius 2 is 2.13 bits per heavy atom. The predicted molar refractivity (Wildman–Crippen MR) is 72.1 cm³/mol. The molecule has 0 bridgehead atoms. The molecule has 0 fully saturated rings. The highest BCUT2D eigenvalue weighted by Crippen LogP contribution is 2.26. The van der Waals surface area contributed by atoms with Gasteiger partial charge in [0.2, 0.25) is 0 Å². The van der Waals surface area contributed by atoms with Crippen LogP contribution >= 0.6 is 54.5 Å². The Bertz CT molecular complexity index is 487. The van der Waals surface area contributed by atoms with Gasteiger partial charge in [0.25, 0.3) is 0 Å². The maximum Gasteiger partial charge on any atom is 0.168 e. The van der Waals surface area contributed by atoms with Crippen molar-refractivity contribution in [1.82, 2.24) is 0 Å². The van der Waals surface area contributed by atoms with Crippen molar-refractivity contribution in [2.45, 2.75) is 6.42 Å². The van der Waals surface area contributed by atoms with Crippen LogP contribution in [0, 0.1) is 0 Å². The van der Waals surface area contributed by atoms with Crippen LogP contribution in [-0.2, 0) is 6.42 Å². The first-order valence-electron chi connectivity index (χ1n) is 4.16. The van der Waals surface area contributed by atoms with Gasteiger partial charge in [-0.05, 0) is 49.4 Å². The highest BCUT2D eigenvalue weighted by molar-refractivity contribution is 9.11. The minimum atomic E-state index is 0.167. The van der Waals surface area contributed by atoms with Crippen LogP contribution < -0.4 is 0 Å². The van der Waals surface area contributed by atoms with Crippen molar-refractivity contribution >= 4 is 60.3 Å². The number of carbonyl (C=O) groups is 1. The van der Waals surface area contributed by atoms with Gasteiger partial charge in [-0.3, -0.25) is 4.79 Å². The van der Waals surface area contributed by atoms with Crippen LogP contribution in [0.2, 0.25) is 0 Å². The summed E-state index contributed by atoms with van der Waals surface area (Å²) in [4.78, 5) is 12.9. The van der Waals surface area contributed by atoms with E-state index < -0.39 is 0 Å². The number of halogens is 2. The molecule has 2 heterocycles. The molecule has 1 nitrogen and oxygen atoms in total. The topological polar surface area (TPSA) is 17.1 Å². The standard InChI is InChI=1S/C10H6Br2OS2/c11-7-1-2-14-9(7)4-8(13)6-3-10(12)15-5-6/h1-3,5H,4H2. The number of ketones is 1. The van der Waals surface area contributed by atoms with Crippen LogP contribution in [0.5, 0.6) is 0 Å². The largest absolute Gasteiger partial charge is 0.294 e. The molecule has 0 spiro atoms. The molecule has 2 aromatic rings. The molecule has 2 rings (SSSR count). The lowest BCUT2D eigenvalue weighted by atomic mass is 10.1. The van der Waals surface area contributed by atoms with Gasteiger partial charge in [-0.1, -0.05) is 0 Å². The highest BCUT2D eigenvalue weighted by Gasteiger charge is 2.11. The van der Waals surface area contributed by atoms with Gasteiger partial charge in [-0.25, -0.2) is 0 Å². The van der Waals surface area contributed by atoms with Gasteiger partial charge in [-0.15, -0.1) is 22.7 Å². The first-order valence-corrected chi connectivity index (χ1v) is 7.50. The molecule has 0 atom stereocenters. The molecule has 0 amide bonds. The van der Waals surface area contributed by atoms with E-state index in [1.807, 2.05) is 22.9 Å². The third-order valence-corrected chi connectivity index (χ3v) is 5.33. The van der Waals surface area contributed by atoms with Crippen molar-refractivity contribution in [1.29, 1.82) is 0 Å². The van der Waals surface area contributed by atoms with Crippen LogP contribution in [-0.4, -0.2) is 5.78 Å². The van der Waals surface area contributed by atoms with E-state index in [1.165, 1.54) is 11.3 Å². The second-order valence-corrected chi connectivity index (χ2v) is 7.08. The smallest absolute Gasteiger partial charge is 0.168 e. The number of rotatable bonds is 3. The SMILES string of the molecule is O=C(Cc1sccc1Br)c1csc(Br)c1. The zero-order valence-electron chi connectivity index (χ0n) is 7.50. The fourth-order valence-corrected chi connectivity index (χ4v) is 3.81. The first kappa shape index (κ1) is 11.5. The zero-order chi connectivity index (χ0) is 10.8. The quantitative estimate of drug-likeness (QED) is 0.716. The average molecular weight is 366 g/mol. The predicted octanol–water partition coefficient (Wildman–Crippen LogP) is 4.76. The maximum atomic E-state index is 11.8. The zero-order valence-corrected chi connectivity index (χ0v) is 12.3. The summed E-state index contributed by atoms with van der Waals surface area (Å²) in [6.45, 7) is 0. The van der Waals surface area contributed by atoms with Crippen LogP contribution in [0.4, 0.5) is 0 Å². The van der Waals surface area contributed by atoms with Crippen LogP contribution in [0.1, 0.15) is 15.2 Å². The third kappa shape index (κ3) is 2.78. The van der Waals surface area contributed by atoms with E-state index in [9.17, 15) is 4.79 Å². The molecule has 0 N–H and O–H groups in total. The van der Waals surface area contributed by atoms with E-state index >= 15 is 0 Å². The molecule has 0 saturated heterocycles. The van der Waals surface area contributed by atoms with Crippen molar-refractivity contribution in [3.63, 3.8) is 0 Å². The Hall–Kier alpha value is 0.0300. The molecule has 2 aromatic heterocycles. The summed E-state index contributed by atoms with van der Waals surface area (Å²) < 4.78 is 2.02. The second kappa shape index (κ2) is 4.91. The number of hydrogen-bond acceptors (Lipinski definition) is 3. The van der Waals surface area contributed by atoms with Crippen LogP contribution in [0.25, 0.3) is 0 Å². The second-order valence-electron chi connectivity index (χ2n) is 2.93. The normalized spacial score (nSPS) is 10.5. The van der Waals surface area contributed by atoms with Gasteiger partial charge in [-0.2, -0.15) is 0 Å². The highest BCUT2D eigenvalue weighted by atomic mass is 79.9. The fraction of sp³-hybridized carbons (Fsp3) is 0.100. The Morgan fingerprint density at radius 3 is 2.67 bits per heavy atom. The lowest BCUT2D eigenvalue weighted by molar-refractivity contribution is 0.0994. The lowest BCUT2D eigenvalue weighted by Crippen LogP contribution is -2.00. The minimum Gasteiger partial charge on any atom is -0.294 e. The third-order valence-electron chi connectivity index (χ3n) is 1.90. The monoisotopic (exact) mass is 364 g/mol. The van der Waals surface area contributed by atoms with Crippen molar-refractivity contribution in [2.75, 3.05) is 0 Å². The summed E-state index contributed by atoms with van der Waals surface area (Å²) in [5.74, 6) is 0.167. The number of Topliss-reactive ketones (excluding diaryl/α,β-unsaturated/α-hetero) is 1. The summed E-state index contributed by atoms with van der Waals surface area (Å²) >= 11 is 9.92. The molecular weight excluding hydrogens is 360 g/mol. The van der Waals surface area contributed by atoms with Gasteiger partial charge in [0, 0.05) is 26.7 Å². The molecule has 0 aliphatic rings. The van der Waals surface area contributed by atoms with E-state index in [2.05, 4.69) is 31.9 Å². The van der Waals surface area contributed by atoms with E-state index in [-0.39, 0.29) is 5.78 Å². The average Bonchev–Trinajstić information content (AvgIpc) is 2.77. The summed E-state index contributed by atoms with van der Waals surface area (Å²) in [5.41, 5.74) is 0.784. The molecule has 0 aliphatic heterocycles. The van der Waals surface area contributed by atoms with Crippen molar-refractivity contribution in [3.05, 3.63) is 41.6 Å². The maximum absolute atomic E-state index is 11.8. The van der Waals surface area contributed by atoms with Crippen molar-refractivity contribution in [3.8, 4) is 0 Å². The van der Waals surface area contributed by atoms with Crippen molar-refractivity contribution in [2.24, 2.45) is 0 Å².